The van der Waals surface area contributed by atoms with Crippen molar-refractivity contribution in [3.63, 3.8) is 0 Å². The molecular formula is C13H21NO2. The maximum atomic E-state index is 6.13. The van der Waals surface area contributed by atoms with Crippen LogP contribution in [0.25, 0.3) is 0 Å². The third-order valence-corrected chi connectivity index (χ3v) is 2.53. The van der Waals surface area contributed by atoms with E-state index in [9.17, 15) is 0 Å². The molecule has 0 saturated carbocycles. The Balaban J connectivity index is 2.93. The van der Waals surface area contributed by atoms with Gasteiger partial charge in [-0.1, -0.05) is 13.8 Å². The van der Waals surface area contributed by atoms with Crippen molar-refractivity contribution in [3.05, 3.63) is 23.8 Å². The first-order valence-corrected chi connectivity index (χ1v) is 5.55. The van der Waals surface area contributed by atoms with Gasteiger partial charge in [-0.2, -0.15) is 0 Å². The molecule has 3 heteroatoms. The van der Waals surface area contributed by atoms with Gasteiger partial charge in [-0.25, -0.2) is 0 Å². The molecule has 0 amide bonds. The first-order chi connectivity index (χ1) is 7.56. The lowest BCUT2D eigenvalue weighted by molar-refractivity contribution is 0.391. The van der Waals surface area contributed by atoms with Gasteiger partial charge >= 0.3 is 0 Å². The van der Waals surface area contributed by atoms with E-state index in [4.69, 9.17) is 15.2 Å². The summed E-state index contributed by atoms with van der Waals surface area (Å²) in [4.78, 5) is 0. The zero-order valence-corrected chi connectivity index (χ0v) is 10.5. The first kappa shape index (κ1) is 12.8. The van der Waals surface area contributed by atoms with Crippen molar-refractivity contribution in [3.8, 4) is 11.5 Å². The van der Waals surface area contributed by atoms with Crippen molar-refractivity contribution in [2.45, 2.75) is 26.3 Å². The topological polar surface area (TPSA) is 44.5 Å². The van der Waals surface area contributed by atoms with E-state index in [0.717, 1.165) is 23.5 Å². The number of nitrogens with two attached hydrogens (primary N) is 1. The largest absolute Gasteiger partial charge is 0.497 e. The highest BCUT2D eigenvalue weighted by Gasteiger charge is 2.11. The summed E-state index contributed by atoms with van der Waals surface area (Å²) in [5, 5.41) is 0. The van der Waals surface area contributed by atoms with Crippen LogP contribution in [0.15, 0.2) is 18.2 Å². The highest BCUT2D eigenvalue weighted by molar-refractivity contribution is 5.39. The van der Waals surface area contributed by atoms with Gasteiger partial charge in [-0.3, -0.25) is 0 Å². The minimum Gasteiger partial charge on any atom is -0.497 e. The van der Waals surface area contributed by atoms with Gasteiger partial charge < -0.3 is 15.2 Å². The van der Waals surface area contributed by atoms with Crippen LogP contribution < -0.4 is 15.2 Å². The van der Waals surface area contributed by atoms with Crippen molar-refractivity contribution in [1.29, 1.82) is 0 Å². The summed E-state index contributed by atoms with van der Waals surface area (Å²) in [5.74, 6) is 2.15. The second-order valence-electron chi connectivity index (χ2n) is 4.38. The van der Waals surface area contributed by atoms with Gasteiger partial charge in [0.1, 0.15) is 11.5 Å². The van der Waals surface area contributed by atoms with Crippen molar-refractivity contribution in [1.82, 2.24) is 0 Å². The lowest BCUT2D eigenvalue weighted by atomic mass is 9.97. The maximum Gasteiger partial charge on any atom is 0.122 e. The molecule has 0 fully saturated rings. The molecule has 1 aromatic rings. The van der Waals surface area contributed by atoms with Crippen LogP contribution in [0.3, 0.4) is 0 Å². The summed E-state index contributed by atoms with van der Waals surface area (Å²) < 4.78 is 10.4. The molecule has 0 saturated heterocycles. The second kappa shape index (κ2) is 5.75. The monoisotopic (exact) mass is 223 g/mol. The van der Waals surface area contributed by atoms with Crippen LogP contribution in [0.4, 0.5) is 0 Å². The highest BCUT2D eigenvalue weighted by Crippen LogP contribution is 2.28. The van der Waals surface area contributed by atoms with Gasteiger partial charge in [0.15, 0.2) is 0 Å². The Morgan fingerprint density at radius 3 is 1.94 bits per heavy atom. The number of benzene rings is 1. The van der Waals surface area contributed by atoms with Crippen LogP contribution in [0.1, 0.15) is 31.9 Å². The second-order valence-corrected chi connectivity index (χ2v) is 4.38. The normalized spacial score (nSPS) is 12.6. The number of methoxy groups -OCH3 is 2. The predicted octanol–water partition coefficient (Wildman–Crippen LogP) is 2.75. The molecule has 1 unspecified atom stereocenters. The van der Waals surface area contributed by atoms with E-state index in [1.807, 2.05) is 18.2 Å². The lowest BCUT2D eigenvalue weighted by Gasteiger charge is -2.16. The molecule has 0 spiro atoms. The van der Waals surface area contributed by atoms with Gasteiger partial charge in [-0.05, 0) is 30.0 Å². The highest BCUT2D eigenvalue weighted by atomic mass is 16.5. The fourth-order valence-electron chi connectivity index (χ4n) is 1.69. The minimum atomic E-state index is 0.0315. The Bertz CT molecular complexity index is 314. The third-order valence-electron chi connectivity index (χ3n) is 2.53. The molecular weight excluding hydrogens is 202 g/mol. The van der Waals surface area contributed by atoms with E-state index in [1.165, 1.54) is 0 Å². The summed E-state index contributed by atoms with van der Waals surface area (Å²) in [6.07, 6.45) is 0.955. The Morgan fingerprint density at radius 1 is 1.06 bits per heavy atom. The van der Waals surface area contributed by atoms with E-state index in [0.29, 0.717) is 5.92 Å². The SMILES string of the molecule is COc1cc(OC)cc(C(N)CC(C)C)c1. The van der Waals surface area contributed by atoms with E-state index in [-0.39, 0.29) is 6.04 Å². The number of hydrogen-bond donors (Lipinski definition) is 1. The average Bonchev–Trinajstić information content (AvgIpc) is 2.27. The molecule has 0 bridgehead atoms. The van der Waals surface area contributed by atoms with Crippen LogP contribution in [0.2, 0.25) is 0 Å². The summed E-state index contributed by atoms with van der Waals surface area (Å²) >= 11 is 0. The molecule has 0 aliphatic carbocycles. The molecule has 1 atom stereocenters. The van der Waals surface area contributed by atoms with Gasteiger partial charge in [-0.15, -0.1) is 0 Å². The standard InChI is InChI=1S/C13H21NO2/c1-9(2)5-13(14)10-6-11(15-3)8-12(7-10)16-4/h6-9,13H,5,14H2,1-4H3. The minimum absolute atomic E-state index is 0.0315. The average molecular weight is 223 g/mol. The smallest absolute Gasteiger partial charge is 0.122 e. The number of rotatable bonds is 5. The van der Waals surface area contributed by atoms with E-state index < -0.39 is 0 Å². The Labute approximate surface area is 97.6 Å². The molecule has 2 N–H and O–H groups in total. The van der Waals surface area contributed by atoms with Crippen LogP contribution in [0.5, 0.6) is 11.5 Å². The maximum absolute atomic E-state index is 6.13. The van der Waals surface area contributed by atoms with Gasteiger partial charge in [0.25, 0.3) is 0 Å². The Kier molecular flexibility index (Phi) is 4.62. The van der Waals surface area contributed by atoms with E-state index in [2.05, 4.69) is 13.8 Å². The lowest BCUT2D eigenvalue weighted by Crippen LogP contribution is -2.13. The van der Waals surface area contributed by atoms with Gasteiger partial charge in [0.2, 0.25) is 0 Å². The van der Waals surface area contributed by atoms with Crippen LogP contribution in [0, 0.1) is 5.92 Å². The first-order valence-electron chi connectivity index (χ1n) is 5.55. The molecule has 0 aromatic heterocycles. The van der Waals surface area contributed by atoms with Gasteiger partial charge in [0, 0.05) is 12.1 Å². The summed E-state index contributed by atoms with van der Waals surface area (Å²) in [6, 6.07) is 5.82. The van der Waals surface area contributed by atoms with E-state index >= 15 is 0 Å². The third kappa shape index (κ3) is 3.42. The molecule has 1 aromatic carbocycles. The van der Waals surface area contributed by atoms with Crippen molar-refractivity contribution >= 4 is 0 Å². The zero-order valence-electron chi connectivity index (χ0n) is 10.5. The molecule has 0 aliphatic rings. The van der Waals surface area contributed by atoms with E-state index in [1.54, 1.807) is 14.2 Å². The zero-order chi connectivity index (χ0) is 12.1. The number of ether oxygens (including phenoxy) is 2. The van der Waals surface area contributed by atoms with Crippen molar-refractivity contribution < 1.29 is 9.47 Å². The molecule has 0 aliphatic heterocycles. The predicted molar refractivity (Wildman–Crippen MR) is 65.9 cm³/mol. The summed E-state index contributed by atoms with van der Waals surface area (Å²) in [5.41, 5.74) is 7.19. The quantitative estimate of drug-likeness (QED) is 0.834. The Morgan fingerprint density at radius 2 is 1.56 bits per heavy atom. The van der Waals surface area contributed by atoms with Crippen molar-refractivity contribution in [2.24, 2.45) is 11.7 Å². The van der Waals surface area contributed by atoms with Crippen LogP contribution in [-0.2, 0) is 0 Å². The van der Waals surface area contributed by atoms with Gasteiger partial charge in [0.05, 0.1) is 14.2 Å². The molecule has 3 nitrogen and oxygen atoms in total. The summed E-state index contributed by atoms with van der Waals surface area (Å²) in [6.45, 7) is 4.33. The number of hydrogen-bond acceptors (Lipinski definition) is 3. The van der Waals surface area contributed by atoms with Crippen molar-refractivity contribution in [2.75, 3.05) is 14.2 Å². The van der Waals surface area contributed by atoms with Crippen LogP contribution >= 0.6 is 0 Å². The molecule has 0 radical (unpaired) electrons. The molecule has 0 heterocycles. The fraction of sp³-hybridized carbons (Fsp3) is 0.538. The molecule has 16 heavy (non-hydrogen) atoms. The van der Waals surface area contributed by atoms with Crippen LogP contribution in [-0.4, -0.2) is 14.2 Å². The summed E-state index contributed by atoms with van der Waals surface area (Å²) in [7, 11) is 3.29. The fourth-order valence-corrected chi connectivity index (χ4v) is 1.69. The molecule has 90 valence electrons. The Hall–Kier alpha value is -1.22. The molecule has 1 rings (SSSR count).